The summed E-state index contributed by atoms with van der Waals surface area (Å²) in [5, 5.41) is 13.3. The molecule has 0 bridgehead atoms. The average molecular weight is 200 g/mol. The minimum absolute atomic E-state index is 0.135. The molecule has 0 radical (unpaired) electrons. The fourth-order valence-corrected chi connectivity index (χ4v) is 1.35. The van der Waals surface area contributed by atoms with Gasteiger partial charge in [-0.3, -0.25) is 0 Å². The summed E-state index contributed by atoms with van der Waals surface area (Å²) in [6.07, 6.45) is 0. The summed E-state index contributed by atoms with van der Waals surface area (Å²) >= 11 is 5.85. The summed E-state index contributed by atoms with van der Waals surface area (Å²) in [6, 6.07) is 3.62. The van der Waals surface area contributed by atoms with Crippen molar-refractivity contribution in [2.75, 3.05) is 7.05 Å². The second kappa shape index (κ2) is 3.99. The number of aryl methyl sites for hydroxylation is 1. The summed E-state index contributed by atoms with van der Waals surface area (Å²) in [5.41, 5.74) is 1.86. The van der Waals surface area contributed by atoms with Crippen LogP contribution in [0.5, 0.6) is 5.75 Å². The summed E-state index contributed by atoms with van der Waals surface area (Å²) in [6.45, 7) is 3.91. The van der Waals surface area contributed by atoms with E-state index in [0.29, 0.717) is 5.02 Å². The molecule has 0 aliphatic rings. The number of phenols is 1. The van der Waals surface area contributed by atoms with Crippen LogP contribution in [0.15, 0.2) is 12.1 Å². The molecule has 0 aliphatic carbocycles. The third-order valence-corrected chi connectivity index (χ3v) is 2.61. The molecule has 0 aliphatic heterocycles. The van der Waals surface area contributed by atoms with Crippen molar-refractivity contribution in [1.29, 1.82) is 0 Å². The lowest BCUT2D eigenvalue weighted by Gasteiger charge is -2.13. The minimum atomic E-state index is 0.135. The minimum Gasteiger partial charge on any atom is -0.508 e. The molecular formula is C10H14ClNO. The molecular weight excluding hydrogens is 186 g/mol. The molecule has 2 N–H and O–H groups in total. The first-order chi connectivity index (χ1) is 6.06. The van der Waals surface area contributed by atoms with Crippen molar-refractivity contribution >= 4 is 11.6 Å². The fraction of sp³-hybridized carbons (Fsp3) is 0.400. The Bertz CT molecular complexity index is 312. The van der Waals surface area contributed by atoms with Crippen LogP contribution in [-0.2, 0) is 0 Å². The van der Waals surface area contributed by atoms with E-state index in [-0.39, 0.29) is 11.8 Å². The van der Waals surface area contributed by atoms with Gasteiger partial charge in [-0.2, -0.15) is 0 Å². The van der Waals surface area contributed by atoms with Crippen LogP contribution in [0.3, 0.4) is 0 Å². The molecule has 0 aromatic heterocycles. The van der Waals surface area contributed by atoms with Crippen molar-refractivity contribution in [2.24, 2.45) is 0 Å². The first-order valence-corrected chi connectivity index (χ1v) is 4.60. The second-order valence-corrected chi connectivity index (χ2v) is 3.58. The topological polar surface area (TPSA) is 32.3 Å². The van der Waals surface area contributed by atoms with Crippen molar-refractivity contribution in [3.05, 3.63) is 28.3 Å². The van der Waals surface area contributed by atoms with Gasteiger partial charge in [0.1, 0.15) is 5.75 Å². The van der Waals surface area contributed by atoms with E-state index in [4.69, 9.17) is 11.6 Å². The summed E-state index contributed by atoms with van der Waals surface area (Å²) in [7, 11) is 1.86. The lowest BCUT2D eigenvalue weighted by Crippen LogP contribution is -2.12. The van der Waals surface area contributed by atoms with Crippen LogP contribution < -0.4 is 5.32 Å². The van der Waals surface area contributed by atoms with Crippen molar-refractivity contribution in [1.82, 2.24) is 5.32 Å². The van der Waals surface area contributed by atoms with Gasteiger partial charge >= 0.3 is 0 Å². The number of benzene rings is 1. The zero-order valence-corrected chi connectivity index (χ0v) is 8.81. The Labute approximate surface area is 83.5 Å². The van der Waals surface area contributed by atoms with Gasteiger partial charge in [-0.05, 0) is 38.6 Å². The molecule has 1 atom stereocenters. The van der Waals surface area contributed by atoms with Crippen molar-refractivity contribution < 1.29 is 5.11 Å². The van der Waals surface area contributed by atoms with E-state index in [9.17, 15) is 5.11 Å². The zero-order chi connectivity index (χ0) is 10.0. The van der Waals surface area contributed by atoms with Crippen LogP contribution in [0.1, 0.15) is 24.1 Å². The van der Waals surface area contributed by atoms with E-state index >= 15 is 0 Å². The molecule has 0 saturated heterocycles. The summed E-state index contributed by atoms with van der Waals surface area (Å²) < 4.78 is 0. The van der Waals surface area contributed by atoms with Crippen LogP contribution in [0.25, 0.3) is 0 Å². The van der Waals surface area contributed by atoms with Crippen LogP contribution in [-0.4, -0.2) is 12.2 Å². The summed E-state index contributed by atoms with van der Waals surface area (Å²) in [4.78, 5) is 0. The van der Waals surface area contributed by atoms with E-state index < -0.39 is 0 Å². The molecule has 0 heterocycles. The number of nitrogens with one attached hydrogen (secondary N) is 1. The van der Waals surface area contributed by atoms with Gasteiger partial charge in [0, 0.05) is 16.6 Å². The highest BCUT2D eigenvalue weighted by Crippen LogP contribution is 2.29. The highest BCUT2D eigenvalue weighted by molar-refractivity contribution is 6.31. The fourth-order valence-electron chi connectivity index (χ4n) is 1.20. The highest BCUT2D eigenvalue weighted by atomic mass is 35.5. The first kappa shape index (κ1) is 10.4. The number of rotatable bonds is 2. The summed E-state index contributed by atoms with van der Waals surface area (Å²) in [5.74, 6) is 0.248. The Morgan fingerprint density at radius 3 is 2.62 bits per heavy atom. The maximum Gasteiger partial charge on any atom is 0.121 e. The molecule has 0 saturated carbocycles. The average Bonchev–Trinajstić information content (AvgIpc) is 2.10. The van der Waals surface area contributed by atoms with Crippen molar-refractivity contribution in [2.45, 2.75) is 19.9 Å². The molecule has 1 rings (SSSR count). The predicted octanol–water partition coefficient (Wildman–Crippen LogP) is 2.63. The number of halogens is 1. The number of aromatic hydroxyl groups is 1. The van der Waals surface area contributed by atoms with Gasteiger partial charge in [-0.25, -0.2) is 0 Å². The molecule has 13 heavy (non-hydrogen) atoms. The lowest BCUT2D eigenvalue weighted by atomic mass is 10.0. The van der Waals surface area contributed by atoms with Gasteiger partial charge < -0.3 is 10.4 Å². The third kappa shape index (κ3) is 2.14. The Balaban J connectivity index is 3.15. The molecule has 1 aromatic carbocycles. The van der Waals surface area contributed by atoms with E-state index in [1.54, 1.807) is 6.07 Å². The van der Waals surface area contributed by atoms with Gasteiger partial charge in [-0.1, -0.05) is 11.6 Å². The molecule has 0 spiro atoms. The Hall–Kier alpha value is -0.730. The van der Waals surface area contributed by atoms with Crippen LogP contribution in [0.4, 0.5) is 0 Å². The molecule has 72 valence electrons. The Morgan fingerprint density at radius 1 is 1.46 bits per heavy atom. The molecule has 0 amide bonds. The monoisotopic (exact) mass is 199 g/mol. The smallest absolute Gasteiger partial charge is 0.121 e. The Morgan fingerprint density at radius 2 is 2.08 bits per heavy atom. The SMILES string of the molecule is CN[C@H](C)c1cc(C)c(Cl)cc1O. The largest absolute Gasteiger partial charge is 0.508 e. The van der Waals surface area contributed by atoms with E-state index in [1.807, 2.05) is 27.0 Å². The lowest BCUT2D eigenvalue weighted by molar-refractivity contribution is 0.457. The van der Waals surface area contributed by atoms with E-state index in [2.05, 4.69) is 5.32 Å². The number of phenolic OH excluding ortho intramolecular Hbond substituents is 1. The van der Waals surface area contributed by atoms with Crippen molar-refractivity contribution in [3.8, 4) is 5.75 Å². The molecule has 1 aromatic rings. The predicted molar refractivity (Wildman–Crippen MR) is 55.3 cm³/mol. The standard InChI is InChI=1S/C10H14ClNO/c1-6-4-8(7(2)12-3)10(13)5-9(6)11/h4-5,7,12-13H,1-3H3/t7-/m1/s1. The quantitative estimate of drug-likeness (QED) is 0.768. The second-order valence-electron chi connectivity index (χ2n) is 3.17. The normalized spacial score (nSPS) is 12.9. The Kier molecular flexibility index (Phi) is 3.17. The van der Waals surface area contributed by atoms with E-state index in [1.165, 1.54) is 0 Å². The van der Waals surface area contributed by atoms with Crippen LogP contribution in [0.2, 0.25) is 5.02 Å². The first-order valence-electron chi connectivity index (χ1n) is 4.22. The highest BCUT2D eigenvalue weighted by Gasteiger charge is 2.10. The van der Waals surface area contributed by atoms with Crippen LogP contribution >= 0.6 is 11.6 Å². The van der Waals surface area contributed by atoms with Gasteiger partial charge in [-0.15, -0.1) is 0 Å². The number of hydrogen-bond acceptors (Lipinski definition) is 2. The molecule has 3 heteroatoms. The maximum atomic E-state index is 9.59. The number of hydrogen-bond donors (Lipinski definition) is 2. The van der Waals surface area contributed by atoms with Gasteiger partial charge in [0.05, 0.1) is 0 Å². The zero-order valence-electron chi connectivity index (χ0n) is 8.06. The molecule has 0 fully saturated rings. The van der Waals surface area contributed by atoms with Gasteiger partial charge in [0.15, 0.2) is 0 Å². The molecule has 2 nitrogen and oxygen atoms in total. The van der Waals surface area contributed by atoms with Gasteiger partial charge in [0.25, 0.3) is 0 Å². The third-order valence-electron chi connectivity index (χ3n) is 2.21. The van der Waals surface area contributed by atoms with E-state index in [0.717, 1.165) is 11.1 Å². The van der Waals surface area contributed by atoms with Gasteiger partial charge in [0.2, 0.25) is 0 Å². The van der Waals surface area contributed by atoms with Crippen LogP contribution in [0, 0.1) is 6.92 Å². The maximum absolute atomic E-state index is 9.59. The molecule has 0 unspecified atom stereocenters. The van der Waals surface area contributed by atoms with Crippen molar-refractivity contribution in [3.63, 3.8) is 0 Å².